The van der Waals surface area contributed by atoms with Gasteiger partial charge in [-0.25, -0.2) is 5.84 Å². The van der Waals surface area contributed by atoms with E-state index in [9.17, 15) is 4.79 Å². The molecule has 21 heavy (non-hydrogen) atoms. The maximum atomic E-state index is 11.3. The number of hydrogen-bond donors (Lipinski definition) is 2. The third-order valence-corrected chi connectivity index (χ3v) is 3.43. The minimum atomic E-state index is -0.608. The molecule has 0 fully saturated rings. The summed E-state index contributed by atoms with van der Waals surface area (Å²) in [4.78, 5) is 11.3. The minimum absolute atomic E-state index is 0.0943. The van der Waals surface area contributed by atoms with E-state index in [2.05, 4.69) is 52.2 Å². The fourth-order valence-corrected chi connectivity index (χ4v) is 2.79. The zero-order valence-electron chi connectivity index (χ0n) is 14.0. The SMILES string of the molecule is CC(Oc1ccc(C(C)(C)CC(C)(C)C)cc1)C(=O)NN. The zero-order chi connectivity index (χ0) is 16.3. The molecule has 4 nitrogen and oxygen atoms in total. The molecule has 1 rings (SSSR count). The highest BCUT2D eigenvalue weighted by atomic mass is 16.5. The number of amides is 1. The average molecular weight is 292 g/mol. The maximum Gasteiger partial charge on any atom is 0.274 e. The molecule has 0 radical (unpaired) electrons. The zero-order valence-corrected chi connectivity index (χ0v) is 14.0. The lowest BCUT2D eigenvalue weighted by atomic mass is 9.72. The van der Waals surface area contributed by atoms with Gasteiger partial charge in [0.15, 0.2) is 6.10 Å². The van der Waals surface area contributed by atoms with Gasteiger partial charge in [-0.2, -0.15) is 0 Å². The molecule has 0 bridgehead atoms. The van der Waals surface area contributed by atoms with E-state index in [1.807, 2.05) is 12.1 Å². The van der Waals surface area contributed by atoms with Gasteiger partial charge in [0.05, 0.1) is 0 Å². The molecule has 1 aromatic rings. The Bertz CT molecular complexity index is 473. The van der Waals surface area contributed by atoms with Crippen molar-refractivity contribution in [2.45, 2.75) is 59.5 Å². The smallest absolute Gasteiger partial charge is 0.274 e. The van der Waals surface area contributed by atoms with Gasteiger partial charge in [-0.15, -0.1) is 0 Å². The molecule has 4 heteroatoms. The summed E-state index contributed by atoms with van der Waals surface area (Å²) in [5, 5.41) is 0. The van der Waals surface area contributed by atoms with Crippen LogP contribution in [0.4, 0.5) is 0 Å². The monoisotopic (exact) mass is 292 g/mol. The van der Waals surface area contributed by atoms with Gasteiger partial charge in [0.2, 0.25) is 0 Å². The molecule has 0 spiro atoms. The number of hydrazine groups is 1. The predicted molar refractivity (Wildman–Crippen MR) is 86.0 cm³/mol. The highest BCUT2D eigenvalue weighted by Gasteiger charge is 2.27. The van der Waals surface area contributed by atoms with Gasteiger partial charge >= 0.3 is 0 Å². The van der Waals surface area contributed by atoms with E-state index in [1.165, 1.54) is 5.56 Å². The first-order valence-corrected chi connectivity index (χ1v) is 7.33. The van der Waals surface area contributed by atoms with E-state index >= 15 is 0 Å². The molecule has 0 saturated carbocycles. The van der Waals surface area contributed by atoms with Gasteiger partial charge in [0, 0.05) is 0 Å². The van der Waals surface area contributed by atoms with Crippen LogP contribution in [-0.4, -0.2) is 12.0 Å². The number of nitrogens with one attached hydrogen (secondary N) is 1. The quantitative estimate of drug-likeness (QED) is 0.498. The standard InChI is InChI=1S/C17H28N2O2/c1-12(15(20)19-18)21-14-9-7-13(8-10-14)17(5,6)11-16(2,3)4/h7-10,12H,11,18H2,1-6H3,(H,19,20). The van der Waals surface area contributed by atoms with Crippen LogP contribution in [0.1, 0.15) is 53.5 Å². The van der Waals surface area contributed by atoms with Crippen LogP contribution in [-0.2, 0) is 10.2 Å². The van der Waals surface area contributed by atoms with Crippen LogP contribution in [0.5, 0.6) is 5.75 Å². The third kappa shape index (κ3) is 5.38. The van der Waals surface area contributed by atoms with Crippen molar-refractivity contribution in [1.82, 2.24) is 5.43 Å². The van der Waals surface area contributed by atoms with Crippen molar-refractivity contribution in [3.05, 3.63) is 29.8 Å². The van der Waals surface area contributed by atoms with Crippen molar-refractivity contribution < 1.29 is 9.53 Å². The molecular weight excluding hydrogens is 264 g/mol. The fourth-order valence-electron chi connectivity index (χ4n) is 2.79. The van der Waals surface area contributed by atoms with Crippen LogP contribution in [0.15, 0.2) is 24.3 Å². The largest absolute Gasteiger partial charge is 0.481 e. The minimum Gasteiger partial charge on any atom is -0.481 e. The predicted octanol–water partition coefficient (Wildman–Crippen LogP) is 3.16. The lowest BCUT2D eigenvalue weighted by Gasteiger charge is -2.33. The Morgan fingerprint density at radius 1 is 1.19 bits per heavy atom. The lowest BCUT2D eigenvalue weighted by Crippen LogP contribution is -2.40. The van der Waals surface area contributed by atoms with Gasteiger partial charge in [0.1, 0.15) is 5.75 Å². The van der Waals surface area contributed by atoms with E-state index in [-0.39, 0.29) is 16.7 Å². The number of carbonyl (C=O) groups is 1. The summed E-state index contributed by atoms with van der Waals surface area (Å²) < 4.78 is 5.54. The van der Waals surface area contributed by atoms with Crippen LogP contribution < -0.4 is 16.0 Å². The number of ether oxygens (including phenoxy) is 1. The van der Waals surface area contributed by atoms with E-state index in [0.717, 1.165) is 6.42 Å². The van der Waals surface area contributed by atoms with Crippen molar-refractivity contribution in [1.29, 1.82) is 0 Å². The molecule has 0 aliphatic heterocycles. The van der Waals surface area contributed by atoms with Crippen molar-refractivity contribution in [2.75, 3.05) is 0 Å². The number of hydrogen-bond acceptors (Lipinski definition) is 3. The van der Waals surface area contributed by atoms with Crippen LogP contribution in [0.2, 0.25) is 0 Å². The number of benzene rings is 1. The summed E-state index contributed by atoms with van der Waals surface area (Å²) in [6.07, 6.45) is 0.482. The molecule has 0 heterocycles. The normalized spacial score (nSPS) is 13.7. The summed E-state index contributed by atoms with van der Waals surface area (Å²) in [6.45, 7) is 12.9. The van der Waals surface area contributed by atoms with E-state index in [4.69, 9.17) is 10.6 Å². The van der Waals surface area contributed by atoms with Crippen molar-refractivity contribution in [3.63, 3.8) is 0 Å². The highest BCUT2D eigenvalue weighted by molar-refractivity contribution is 5.80. The second-order valence-electron chi connectivity index (χ2n) is 7.41. The lowest BCUT2D eigenvalue weighted by molar-refractivity contribution is -0.127. The summed E-state index contributed by atoms with van der Waals surface area (Å²) in [5.74, 6) is 5.41. The molecule has 1 aromatic carbocycles. The van der Waals surface area contributed by atoms with Crippen LogP contribution in [0, 0.1) is 5.41 Å². The fraction of sp³-hybridized carbons (Fsp3) is 0.588. The highest BCUT2D eigenvalue weighted by Crippen LogP contribution is 2.36. The molecule has 0 aliphatic rings. The Labute approximate surface area is 128 Å². The Kier molecular flexibility index (Phi) is 5.40. The van der Waals surface area contributed by atoms with Gasteiger partial charge in [-0.1, -0.05) is 46.8 Å². The Morgan fingerprint density at radius 3 is 2.14 bits per heavy atom. The van der Waals surface area contributed by atoms with Crippen molar-refractivity contribution in [3.8, 4) is 5.75 Å². The Hall–Kier alpha value is -1.55. The second kappa shape index (κ2) is 6.48. The van der Waals surface area contributed by atoms with Crippen LogP contribution in [0.25, 0.3) is 0 Å². The molecule has 0 saturated heterocycles. The van der Waals surface area contributed by atoms with E-state index < -0.39 is 6.10 Å². The van der Waals surface area contributed by atoms with Gasteiger partial charge in [-0.3, -0.25) is 10.2 Å². The summed E-state index contributed by atoms with van der Waals surface area (Å²) in [6, 6.07) is 7.93. The Balaban J connectivity index is 2.80. The van der Waals surface area contributed by atoms with Crippen molar-refractivity contribution in [2.24, 2.45) is 11.3 Å². The molecule has 1 atom stereocenters. The van der Waals surface area contributed by atoms with Gasteiger partial charge < -0.3 is 4.74 Å². The maximum absolute atomic E-state index is 11.3. The van der Waals surface area contributed by atoms with Gasteiger partial charge in [-0.05, 0) is 41.9 Å². The summed E-state index contributed by atoms with van der Waals surface area (Å²) in [7, 11) is 0. The first-order chi connectivity index (χ1) is 9.55. The summed E-state index contributed by atoms with van der Waals surface area (Å²) >= 11 is 0. The average Bonchev–Trinajstić information content (AvgIpc) is 2.35. The topological polar surface area (TPSA) is 64.3 Å². The van der Waals surface area contributed by atoms with E-state index in [1.54, 1.807) is 6.92 Å². The van der Waals surface area contributed by atoms with Crippen molar-refractivity contribution >= 4 is 5.91 Å². The third-order valence-electron chi connectivity index (χ3n) is 3.43. The molecular formula is C17H28N2O2. The number of nitrogens with two attached hydrogens (primary N) is 1. The van der Waals surface area contributed by atoms with Crippen LogP contribution >= 0.6 is 0 Å². The van der Waals surface area contributed by atoms with E-state index in [0.29, 0.717) is 5.75 Å². The van der Waals surface area contributed by atoms with Gasteiger partial charge in [0.25, 0.3) is 5.91 Å². The number of carbonyl (C=O) groups excluding carboxylic acids is 1. The first kappa shape index (κ1) is 17.5. The molecule has 118 valence electrons. The second-order valence-corrected chi connectivity index (χ2v) is 7.41. The molecule has 0 aromatic heterocycles. The number of rotatable bonds is 5. The van der Waals surface area contributed by atoms with Crippen LogP contribution in [0.3, 0.4) is 0 Å². The molecule has 1 amide bonds. The molecule has 3 N–H and O–H groups in total. The Morgan fingerprint density at radius 2 is 1.71 bits per heavy atom. The molecule has 0 aliphatic carbocycles. The summed E-state index contributed by atoms with van der Waals surface area (Å²) in [5.41, 5.74) is 3.71. The molecule has 1 unspecified atom stereocenters. The first-order valence-electron chi connectivity index (χ1n) is 7.33.